The fourth-order valence-electron chi connectivity index (χ4n) is 1.59. The summed E-state index contributed by atoms with van der Waals surface area (Å²) in [5.41, 5.74) is -1.10. The van der Waals surface area contributed by atoms with Crippen molar-refractivity contribution < 1.29 is 19.1 Å². The highest BCUT2D eigenvalue weighted by molar-refractivity contribution is 6.03. The SMILES string of the molecule is CCOC(=O)[C@@]1(C)C[C@@H](OCC)NC1=O. The lowest BCUT2D eigenvalue weighted by Gasteiger charge is -2.17. The summed E-state index contributed by atoms with van der Waals surface area (Å²) in [5.74, 6) is -0.802. The zero-order valence-electron chi connectivity index (χ0n) is 9.33. The number of nitrogens with one attached hydrogen (secondary N) is 1. The fourth-order valence-corrected chi connectivity index (χ4v) is 1.59. The molecular weight excluding hydrogens is 198 g/mol. The van der Waals surface area contributed by atoms with E-state index in [2.05, 4.69) is 5.32 Å². The minimum absolute atomic E-state index is 0.279. The van der Waals surface area contributed by atoms with Crippen LogP contribution >= 0.6 is 0 Å². The summed E-state index contributed by atoms with van der Waals surface area (Å²) in [5, 5.41) is 2.62. The van der Waals surface area contributed by atoms with Crippen LogP contribution in [0.2, 0.25) is 0 Å². The smallest absolute Gasteiger partial charge is 0.321 e. The molecule has 5 nitrogen and oxygen atoms in total. The third-order valence-electron chi connectivity index (χ3n) is 2.48. The molecule has 1 aliphatic rings. The van der Waals surface area contributed by atoms with Gasteiger partial charge in [0.05, 0.1) is 6.61 Å². The van der Waals surface area contributed by atoms with Gasteiger partial charge in [-0.15, -0.1) is 0 Å². The van der Waals surface area contributed by atoms with E-state index in [9.17, 15) is 9.59 Å². The van der Waals surface area contributed by atoms with Gasteiger partial charge in [0, 0.05) is 13.0 Å². The minimum Gasteiger partial charge on any atom is -0.465 e. The first-order valence-corrected chi connectivity index (χ1v) is 5.14. The highest BCUT2D eigenvalue weighted by Crippen LogP contribution is 2.31. The molecule has 0 aromatic heterocycles. The van der Waals surface area contributed by atoms with Crippen molar-refractivity contribution in [1.29, 1.82) is 0 Å². The monoisotopic (exact) mass is 215 g/mol. The summed E-state index contributed by atoms with van der Waals surface area (Å²) in [6.45, 7) is 5.92. The standard InChI is InChI=1S/C10H17NO4/c1-4-14-7-6-10(3,8(12)11-7)9(13)15-5-2/h7H,4-6H2,1-3H3,(H,11,12)/t7-,10+/m1/s1. The van der Waals surface area contributed by atoms with Crippen LogP contribution in [-0.2, 0) is 19.1 Å². The highest BCUT2D eigenvalue weighted by Gasteiger charge is 2.50. The number of carbonyl (C=O) groups excluding carboxylic acids is 2. The molecule has 1 heterocycles. The van der Waals surface area contributed by atoms with Gasteiger partial charge in [-0.1, -0.05) is 0 Å². The van der Waals surface area contributed by atoms with E-state index in [-0.39, 0.29) is 18.7 Å². The Morgan fingerprint density at radius 1 is 1.53 bits per heavy atom. The molecule has 1 saturated heterocycles. The van der Waals surface area contributed by atoms with Crippen LogP contribution in [0.5, 0.6) is 0 Å². The van der Waals surface area contributed by atoms with Gasteiger partial charge in [0.25, 0.3) is 0 Å². The van der Waals surface area contributed by atoms with Gasteiger partial charge in [-0.25, -0.2) is 0 Å². The van der Waals surface area contributed by atoms with Crippen molar-refractivity contribution in [3.8, 4) is 0 Å². The van der Waals surface area contributed by atoms with Crippen molar-refractivity contribution in [2.45, 2.75) is 33.4 Å². The summed E-state index contributed by atoms with van der Waals surface area (Å²) in [7, 11) is 0. The lowest BCUT2D eigenvalue weighted by molar-refractivity contribution is -0.158. The van der Waals surface area contributed by atoms with Gasteiger partial charge in [0.2, 0.25) is 5.91 Å². The zero-order valence-corrected chi connectivity index (χ0v) is 9.33. The number of ether oxygens (including phenoxy) is 2. The molecule has 1 aliphatic heterocycles. The number of carbonyl (C=O) groups is 2. The van der Waals surface area contributed by atoms with Crippen LogP contribution < -0.4 is 5.32 Å². The predicted molar refractivity (Wildman–Crippen MR) is 52.9 cm³/mol. The molecule has 0 unspecified atom stereocenters. The Morgan fingerprint density at radius 3 is 2.73 bits per heavy atom. The van der Waals surface area contributed by atoms with Gasteiger partial charge >= 0.3 is 5.97 Å². The Bertz CT molecular complexity index is 266. The van der Waals surface area contributed by atoms with Gasteiger partial charge in [0.15, 0.2) is 0 Å². The second-order valence-electron chi connectivity index (χ2n) is 3.67. The van der Waals surface area contributed by atoms with E-state index >= 15 is 0 Å². The molecule has 86 valence electrons. The molecule has 0 aliphatic carbocycles. The molecule has 0 spiro atoms. The fraction of sp³-hybridized carbons (Fsp3) is 0.800. The van der Waals surface area contributed by atoms with Gasteiger partial charge in [-0.05, 0) is 20.8 Å². The Balaban J connectivity index is 2.69. The van der Waals surface area contributed by atoms with E-state index in [1.165, 1.54) is 0 Å². The quantitative estimate of drug-likeness (QED) is 0.546. The van der Waals surface area contributed by atoms with Crippen LogP contribution in [0.25, 0.3) is 0 Å². The Morgan fingerprint density at radius 2 is 2.20 bits per heavy atom. The molecular formula is C10H17NO4. The molecule has 1 N–H and O–H groups in total. The molecule has 0 bridgehead atoms. The lowest BCUT2D eigenvalue weighted by Crippen LogP contribution is -2.37. The first kappa shape index (κ1) is 12.0. The average molecular weight is 215 g/mol. The van der Waals surface area contributed by atoms with E-state index in [1.54, 1.807) is 13.8 Å². The topological polar surface area (TPSA) is 64.6 Å². The van der Waals surface area contributed by atoms with Crippen molar-refractivity contribution in [2.24, 2.45) is 5.41 Å². The van der Waals surface area contributed by atoms with Crippen LogP contribution in [0.15, 0.2) is 0 Å². The number of hydrogen-bond donors (Lipinski definition) is 1. The number of hydrogen-bond acceptors (Lipinski definition) is 4. The maximum absolute atomic E-state index is 11.6. The molecule has 0 aromatic rings. The number of amides is 1. The van der Waals surface area contributed by atoms with Gasteiger partial charge in [-0.3, -0.25) is 9.59 Å². The molecule has 2 atom stereocenters. The number of esters is 1. The molecule has 0 radical (unpaired) electrons. The molecule has 15 heavy (non-hydrogen) atoms. The van der Waals surface area contributed by atoms with Crippen LogP contribution in [-0.4, -0.2) is 31.3 Å². The maximum atomic E-state index is 11.6. The van der Waals surface area contributed by atoms with E-state index < -0.39 is 11.4 Å². The largest absolute Gasteiger partial charge is 0.465 e. The Hall–Kier alpha value is -1.10. The molecule has 5 heteroatoms. The second-order valence-corrected chi connectivity index (χ2v) is 3.67. The first-order valence-electron chi connectivity index (χ1n) is 5.14. The molecule has 1 rings (SSSR count). The van der Waals surface area contributed by atoms with Crippen molar-refractivity contribution in [2.75, 3.05) is 13.2 Å². The van der Waals surface area contributed by atoms with Crippen LogP contribution in [0.1, 0.15) is 27.2 Å². The molecule has 1 fully saturated rings. The van der Waals surface area contributed by atoms with Crippen molar-refractivity contribution in [1.82, 2.24) is 5.32 Å². The third-order valence-corrected chi connectivity index (χ3v) is 2.48. The summed E-state index contributed by atoms with van der Waals surface area (Å²) in [4.78, 5) is 23.2. The minimum atomic E-state index is -1.10. The van der Waals surface area contributed by atoms with Crippen molar-refractivity contribution in [3.05, 3.63) is 0 Å². The Kier molecular flexibility index (Phi) is 3.68. The lowest BCUT2D eigenvalue weighted by atomic mass is 9.89. The highest BCUT2D eigenvalue weighted by atomic mass is 16.5. The van der Waals surface area contributed by atoms with Gasteiger partial charge < -0.3 is 14.8 Å². The second kappa shape index (κ2) is 4.61. The first-order chi connectivity index (χ1) is 7.04. The van der Waals surface area contributed by atoms with Crippen molar-refractivity contribution in [3.63, 3.8) is 0 Å². The van der Waals surface area contributed by atoms with Crippen LogP contribution in [0.4, 0.5) is 0 Å². The van der Waals surface area contributed by atoms with E-state index in [4.69, 9.17) is 9.47 Å². The molecule has 1 amide bonds. The summed E-state index contributed by atoms with van der Waals surface area (Å²) in [6.07, 6.45) is -0.0460. The van der Waals surface area contributed by atoms with Crippen LogP contribution in [0.3, 0.4) is 0 Å². The van der Waals surface area contributed by atoms with Crippen LogP contribution in [0, 0.1) is 5.41 Å². The van der Waals surface area contributed by atoms with E-state index in [0.29, 0.717) is 13.0 Å². The normalized spacial score (nSPS) is 30.1. The average Bonchev–Trinajstić information content (AvgIpc) is 2.45. The summed E-state index contributed by atoms with van der Waals surface area (Å²) in [6, 6.07) is 0. The summed E-state index contributed by atoms with van der Waals surface area (Å²) >= 11 is 0. The van der Waals surface area contributed by atoms with E-state index in [1.807, 2.05) is 6.92 Å². The third kappa shape index (κ3) is 2.28. The zero-order chi connectivity index (χ0) is 11.5. The molecule has 0 aromatic carbocycles. The predicted octanol–water partition coefficient (Wildman–Crippen LogP) is 0.438. The summed E-state index contributed by atoms with van der Waals surface area (Å²) < 4.78 is 10.1. The van der Waals surface area contributed by atoms with E-state index in [0.717, 1.165) is 0 Å². The maximum Gasteiger partial charge on any atom is 0.321 e. The number of rotatable bonds is 4. The Labute approximate surface area is 89.1 Å². The van der Waals surface area contributed by atoms with Crippen molar-refractivity contribution >= 4 is 11.9 Å². The van der Waals surface area contributed by atoms with Gasteiger partial charge in [-0.2, -0.15) is 0 Å². The van der Waals surface area contributed by atoms with Gasteiger partial charge in [0.1, 0.15) is 11.6 Å². The molecule has 0 saturated carbocycles.